The fourth-order valence-corrected chi connectivity index (χ4v) is 2.89. The van der Waals surface area contributed by atoms with Crippen LogP contribution < -0.4 is 20.3 Å². The number of nitrogens with zero attached hydrogens (tertiary/aromatic N) is 1. The van der Waals surface area contributed by atoms with E-state index in [1.165, 1.54) is 4.90 Å². The van der Waals surface area contributed by atoms with Gasteiger partial charge in [0.05, 0.1) is 24.2 Å². The summed E-state index contributed by atoms with van der Waals surface area (Å²) in [5, 5.41) is 6.02. The van der Waals surface area contributed by atoms with Crippen molar-refractivity contribution in [2.24, 2.45) is 0 Å². The minimum Gasteiger partial charge on any atom is -0.495 e. The summed E-state index contributed by atoms with van der Waals surface area (Å²) in [5.74, 6) is 0.134. The Kier molecular flexibility index (Phi) is 4.35. The Morgan fingerprint density at radius 3 is 2.60 bits per heavy atom. The highest BCUT2D eigenvalue weighted by Crippen LogP contribution is 2.35. The molecule has 0 saturated carbocycles. The molecule has 1 heterocycles. The minimum atomic E-state index is -0.779. The Morgan fingerprint density at radius 1 is 1.16 bits per heavy atom. The van der Waals surface area contributed by atoms with E-state index in [1.54, 1.807) is 33.1 Å². The zero-order valence-electron chi connectivity index (χ0n) is 14.5. The van der Waals surface area contributed by atoms with Crippen molar-refractivity contribution in [3.05, 3.63) is 48.5 Å². The van der Waals surface area contributed by atoms with Gasteiger partial charge in [0, 0.05) is 0 Å². The molecular weight excluding hydrogens is 318 g/mol. The molecule has 25 heavy (non-hydrogen) atoms. The minimum absolute atomic E-state index is 0.0704. The van der Waals surface area contributed by atoms with Crippen LogP contribution in [0.25, 0.3) is 0 Å². The average Bonchev–Trinajstić information content (AvgIpc) is 2.59. The molecule has 0 aliphatic carbocycles. The summed E-state index contributed by atoms with van der Waals surface area (Å²) in [4.78, 5) is 26.8. The fraction of sp³-hybridized carbons (Fsp3) is 0.263. The Balaban J connectivity index is 1.84. The number of methoxy groups -OCH3 is 1. The van der Waals surface area contributed by atoms with Crippen LogP contribution in [0.1, 0.15) is 13.8 Å². The van der Waals surface area contributed by atoms with Gasteiger partial charge in [-0.1, -0.05) is 24.3 Å². The molecule has 130 valence electrons. The van der Waals surface area contributed by atoms with Gasteiger partial charge < -0.3 is 15.4 Å². The normalized spacial score (nSPS) is 15.2. The summed E-state index contributed by atoms with van der Waals surface area (Å²) in [6.07, 6.45) is 0. The molecule has 0 saturated heterocycles. The summed E-state index contributed by atoms with van der Waals surface area (Å²) >= 11 is 0. The molecule has 0 aromatic heterocycles. The monoisotopic (exact) mass is 339 g/mol. The second-order valence-corrected chi connectivity index (χ2v) is 6.41. The van der Waals surface area contributed by atoms with E-state index in [4.69, 9.17) is 4.74 Å². The van der Waals surface area contributed by atoms with Crippen LogP contribution in [-0.4, -0.2) is 31.0 Å². The van der Waals surface area contributed by atoms with Crippen molar-refractivity contribution >= 4 is 28.9 Å². The SMILES string of the molecule is COc1ccccc1NC(=O)CN1C(=O)C(C)(C)Nc2ccccc21. The molecule has 0 bridgehead atoms. The van der Waals surface area contributed by atoms with E-state index in [-0.39, 0.29) is 18.4 Å². The number of hydrogen-bond acceptors (Lipinski definition) is 4. The summed E-state index contributed by atoms with van der Waals surface area (Å²) in [7, 11) is 1.55. The van der Waals surface area contributed by atoms with Gasteiger partial charge in [-0.05, 0) is 38.1 Å². The van der Waals surface area contributed by atoms with Crippen molar-refractivity contribution in [3.63, 3.8) is 0 Å². The van der Waals surface area contributed by atoms with Gasteiger partial charge in [0.1, 0.15) is 17.8 Å². The lowest BCUT2D eigenvalue weighted by Crippen LogP contribution is -2.55. The molecule has 6 nitrogen and oxygen atoms in total. The van der Waals surface area contributed by atoms with Crippen LogP contribution in [0.5, 0.6) is 5.75 Å². The van der Waals surface area contributed by atoms with Gasteiger partial charge in [0.15, 0.2) is 0 Å². The number of rotatable bonds is 4. The van der Waals surface area contributed by atoms with Crippen LogP contribution >= 0.6 is 0 Å². The predicted octanol–water partition coefficient (Wildman–Crippen LogP) is 2.87. The van der Waals surface area contributed by atoms with Crippen LogP contribution in [0.15, 0.2) is 48.5 Å². The highest BCUT2D eigenvalue weighted by molar-refractivity contribution is 6.11. The average molecular weight is 339 g/mol. The molecular formula is C19H21N3O3. The van der Waals surface area contributed by atoms with Gasteiger partial charge in [-0.15, -0.1) is 0 Å². The van der Waals surface area contributed by atoms with Gasteiger partial charge in [-0.25, -0.2) is 0 Å². The van der Waals surface area contributed by atoms with Crippen molar-refractivity contribution in [2.45, 2.75) is 19.4 Å². The van der Waals surface area contributed by atoms with Gasteiger partial charge in [0.25, 0.3) is 5.91 Å². The Hall–Kier alpha value is -3.02. The molecule has 3 rings (SSSR count). The summed E-state index contributed by atoms with van der Waals surface area (Å²) in [5.41, 5.74) is 1.32. The third-order valence-corrected chi connectivity index (χ3v) is 4.10. The van der Waals surface area contributed by atoms with Crippen molar-refractivity contribution in [2.75, 3.05) is 29.2 Å². The van der Waals surface area contributed by atoms with Crippen LogP contribution in [0.4, 0.5) is 17.1 Å². The molecule has 1 aliphatic rings. The summed E-state index contributed by atoms with van der Waals surface area (Å²) in [6, 6.07) is 14.6. The highest BCUT2D eigenvalue weighted by atomic mass is 16.5. The van der Waals surface area contributed by atoms with Crippen LogP contribution in [0.2, 0.25) is 0 Å². The van der Waals surface area contributed by atoms with Crippen molar-refractivity contribution in [3.8, 4) is 5.75 Å². The van der Waals surface area contributed by atoms with E-state index in [1.807, 2.05) is 36.4 Å². The molecule has 0 atom stereocenters. The van der Waals surface area contributed by atoms with E-state index < -0.39 is 5.54 Å². The van der Waals surface area contributed by atoms with Crippen molar-refractivity contribution < 1.29 is 14.3 Å². The first-order valence-electron chi connectivity index (χ1n) is 8.04. The molecule has 1 aliphatic heterocycles. The van der Waals surface area contributed by atoms with Gasteiger partial charge >= 0.3 is 0 Å². The number of nitrogens with one attached hydrogen (secondary N) is 2. The smallest absolute Gasteiger partial charge is 0.252 e. The number of ether oxygens (including phenoxy) is 1. The lowest BCUT2D eigenvalue weighted by atomic mass is 9.98. The number of hydrogen-bond donors (Lipinski definition) is 2. The van der Waals surface area contributed by atoms with E-state index in [0.717, 1.165) is 5.69 Å². The van der Waals surface area contributed by atoms with Crippen molar-refractivity contribution in [1.82, 2.24) is 0 Å². The Morgan fingerprint density at radius 2 is 1.84 bits per heavy atom. The van der Waals surface area contributed by atoms with Crippen LogP contribution in [-0.2, 0) is 9.59 Å². The van der Waals surface area contributed by atoms with Gasteiger partial charge in [-0.3, -0.25) is 14.5 Å². The fourth-order valence-electron chi connectivity index (χ4n) is 2.89. The first kappa shape index (κ1) is 16.8. The number of carbonyl (C=O) groups is 2. The number of para-hydroxylation sites is 4. The van der Waals surface area contributed by atoms with E-state index in [0.29, 0.717) is 17.1 Å². The van der Waals surface area contributed by atoms with E-state index in [9.17, 15) is 9.59 Å². The maximum atomic E-state index is 12.8. The molecule has 2 amide bonds. The number of carbonyl (C=O) groups excluding carboxylic acids is 2. The topological polar surface area (TPSA) is 70.7 Å². The maximum absolute atomic E-state index is 12.8. The molecule has 0 spiro atoms. The molecule has 0 fully saturated rings. The van der Waals surface area contributed by atoms with Crippen molar-refractivity contribution in [1.29, 1.82) is 0 Å². The second kappa shape index (κ2) is 6.47. The third kappa shape index (κ3) is 3.28. The zero-order chi connectivity index (χ0) is 18.0. The molecule has 2 aromatic carbocycles. The van der Waals surface area contributed by atoms with Crippen LogP contribution in [0, 0.1) is 0 Å². The predicted molar refractivity (Wildman–Crippen MR) is 98.1 cm³/mol. The first-order chi connectivity index (χ1) is 11.9. The van der Waals surface area contributed by atoms with Crippen LogP contribution in [0.3, 0.4) is 0 Å². The Bertz CT molecular complexity index is 817. The standard InChI is InChI=1S/C19H21N3O3/c1-19(2)18(24)22(15-10-6-4-8-13(15)21-19)12-17(23)20-14-9-5-7-11-16(14)25-3/h4-11,21H,12H2,1-3H3,(H,20,23). The quantitative estimate of drug-likeness (QED) is 0.898. The lowest BCUT2D eigenvalue weighted by molar-refractivity contribution is -0.124. The zero-order valence-corrected chi connectivity index (χ0v) is 14.5. The molecule has 2 N–H and O–H groups in total. The van der Waals surface area contributed by atoms with Gasteiger partial charge in [-0.2, -0.15) is 0 Å². The Labute approximate surface area is 146 Å². The molecule has 0 radical (unpaired) electrons. The summed E-state index contributed by atoms with van der Waals surface area (Å²) < 4.78 is 5.24. The summed E-state index contributed by atoms with van der Waals surface area (Å²) in [6.45, 7) is 3.53. The molecule has 0 unspecified atom stereocenters. The number of benzene rings is 2. The van der Waals surface area contributed by atoms with E-state index in [2.05, 4.69) is 10.6 Å². The van der Waals surface area contributed by atoms with E-state index >= 15 is 0 Å². The van der Waals surface area contributed by atoms with Gasteiger partial charge in [0.2, 0.25) is 5.91 Å². The highest BCUT2D eigenvalue weighted by Gasteiger charge is 2.39. The molecule has 6 heteroatoms. The first-order valence-corrected chi connectivity index (χ1v) is 8.04. The second-order valence-electron chi connectivity index (χ2n) is 6.41. The number of anilines is 3. The number of fused-ring (bicyclic) bond motifs is 1. The number of amides is 2. The molecule has 2 aromatic rings. The largest absolute Gasteiger partial charge is 0.495 e. The third-order valence-electron chi connectivity index (χ3n) is 4.10. The maximum Gasteiger partial charge on any atom is 0.252 e. The lowest BCUT2D eigenvalue weighted by Gasteiger charge is -2.39.